The third-order valence-electron chi connectivity index (χ3n) is 2.27. The summed E-state index contributed by atoms with van der Waals surface area (Å²) in [7, 11) is 0. The van der Waals surface area contributed by atoms with Gasteiger partial charge < -0.3 is 10.6 Å². The monoisotopic (exact) mass is 310 g/mol. The molecular weight excluding hydrogens is 296 g/mol. The van der Waals surface area contributed by atoms with Crippen LogP contribution in [0.2, 0.25) is 0 Å². The lowest BCUT2D eigenvalue weighted by Gasteiger charge is -2.06. The molecule has 0 aromatic heterocycles. The molecule has 0 heterocycles. The molecule has 0 unspecified atom stereocenters. The van der Waals surface area contributed by atoms with Crippen LogP contribution in [0.15, 0.2) is 35.3 Å². The van der Waals surface area contributed by atoms with E-state index < -0.39 is 11.8 Å². The molecule has 0 aliphatic carbocycles. The molecule has 0 saturated carbocycles. The molecule has 96 valence electrons. The molecule has 1 rings (SSSR count). The van der Waals surface area contributed by atoms with Crippen molar-refractivity contribution in [2.24, 2.45) is 0 Å². The maximum absolute atomic E-state index is 11.5. The second kappa shape index (κ2) is 6.96. The lowest BCUT2D eigenvalue weighted by atomic mass is 10.1. The van der Waals surface area contributed by atoms with E-state index in [1.165, 1.54) is 5.56 Å². The number of anilines is 1. The van der Waals surface area contributed by atoms with E-state index in [1.54, 1.807) is 12.1 Å². The molecule has 0 bridgehead atoms. The second-order valence-electron chi connectivity index (χ2n) is 3.70. The van der Waals surface area contributed by atoms with Crippen LogP contribution in [0.3, 0.4) is 0 Å². The Bertz CT molecular complexity index is 455. The van der Waals surface area contributed by atoms with Gasteiger partial charge in [0, 0.05) is 16.7 Å². The molecule has 0 atom stereocenters. The summed E-state index contributed by atoms with van der Waals surface area (Å²) in [5.41, 5.74) is 1.78. The molecule has 0 saturated heterocycles. The molecule has 0 aliphatic rings. The van der Waals surface area contributed by atoms with Crippen LogP contribution in [0.25, 0.3) is 0 Å². The van der Waals surface area contributed by atoms with Crippen molar-refractivity contribution in [3.63, 3.8) is 0 Å². The van der Waals surface area contributed by atoms with Crippen molar-refractivity contribution < 1.29 is 9.59 Å². The number of aryl methyl sites for hydroxylation is 1. The van der Waals surface area contributed by atoms with Gasteiger partial charge in [-0.1, -0.05) is 41.6 Å². The first-order chi connectivity index (χ1) is 8.52. The third kappa shape index (κ3) is 4.71. The first kappa shape index (κ1) is 14.4. The van der Waals surface area contributed by atoms with Crippen molar-refractivity contribution in [1.82, 2.24) is 5.32 Å². The van der Waals surface area contributed by atoms with Gasteiger partial charge in [-0.25, -0.2) is 0 Å². The first-order valence-corrected chi connectivity index (χ1v) is 6.33. The van der Waals surface area contributed by atoms with Crippen molar-refractivity contribution in [1.29, 1.82) is 0 Å². The lowest BCUT2D eigenvalue weighted by molar-refractivity contribution is -0.136. The lowest BCUT2D eigenvalue weighted by Crippen LogP contribution is -2.35. The SMILES string of the molecule is C=C(Br)CNC(=O)C(=O)Nc1ccc(CC)cc1. The number of nitrogens with one attached hydrogen (secondary N) is 2. The fraction of sp³-hybridized carbons (Fsp3) is 0.231. The summed E-state index contributed by atoms with van der Waals surface area (Å²) in [6.45, 7) is 5.83. The minimum atomic E-state index is -0.687. The molecular formula is C13H15BrN2O2. The van der Waals surface area contributed by atoms with E-state index in [4.69, 9.17) is 0 Å². The molecule has 0 radical (unpaired) electrons. The van der Waals surface area contributed by atoms with E-state index in [1.807, 2.05) is 19.1 Å². The highest BCUT2D eigenvalue weighted by Gasteiger charge is 2.12. The standard InChI is InChI=1S/C13H15BrN2O2/c1-3-10-4-6-11(7-5-10)16-13(18)12(17)15-8-9(2)14/h4-7H,2-3,8H2,1H3,(H,15,17)(H,16,18). The van der Waals surface area contributed by atoms with Crippen molar-refractivity contribution in [3.05, 3.63) is 40.9 Å². The molecule has 4 nitrogen and oxygen atoms in total. The van der Waals surface area contributed by atoms with Gasteiger partial charge in [0.25, 0.3) is 0 Å². The van der Waals surface area contributed by atoms with Crippen LogP contribution >= 0.6 is 15.9 Å². The Morgan fingerprint density at radius 1 is 1.22 bits per heavy atom. The quantitative estimate of drug-likeness (QED) is 0.838. The third-order valence-corrected chi connectivity index (χ3v) is 2.55. The van der Waals surface area contributed by atoms with Crippen molar-refractivity contribution in [3.8, 4) is 0 Å². The number of hydrogen-bond donors (Lipinski definition) is 2. The van der Waals surface area contributed by atoms with Gasteiger partial charge in [0.2, 0.25) is 0 Å². The second-order valence-corrected chi connectivity index (χ2v) is 4.83. The molecule has 1 aromatic carbocycles. The Balaban J connectivity index is 2.52. The summed E-state index contributed by atoms with van der Waals surface area (Å²) < 4.78 is 0.607. The summed E-state index contributed by atoms with van der Waals surface area (Å²) in [6, 6.07) is 7.36. The van der Waals surface area contributed by atoms with Crippen LogP contribution in [0, 0.1) is 0 Å². The van der Waals surface area contributed by atoms with E-state index in [2.05, 4.69) is 33.1 Å². The molecule has 2 N–H and O–H groups in total. The van der Waals surface area contributed by atoms with Gasteiger partial charge in [-0.15, -0.1) is 0 Å². The zero-order valence-electron chi connectivity index (χ0n) is 10.1. The topological polar surface area (TPSA) is 58.2 Å². The summed E-state index contributed by atoms with van der Waals surface area (Å²) in [5, 5.41) is 4.95. The Labute approximate surface area is 115 Å². The average molecular weight is 311 g/mol. The average Bonchev–Trinajstić information content (AvgIpc) is 2.36. The van der Waals surface area contributed by atoms with E-state index in [0.717, 1.165) is 6.42 Å². The van der Waals surface area contributed by atoms with Crippen molar-refractivity contribution in [2.45, 2.75) is 13.3 Å². The Kier molecular flexibility index (Phi) is 5.58. The number of carbonyl (C=O) groups excluding carboxylic acids is 2. The van der Waals surface area contributed by atoms with E-state index >= 15 is 0 Å². The maximum Gasteiger partial charge on any atom is 0.313 e. The minimum absolute atomic E-state index is 0.223. The number of halogens is 1. The molecule has 0 aliphatic heterocycles. The normalized spacial score (nSPS) is 9.67. The highest BCUT2D eigenvalue weighted by Crippen LogP contribution is 2.09. The van der Waals surface area contributed by atoms with E-state index in [0.29, 0.717) is 10.2 Å². The summed E-state index contributed by atoms with van der Waals surface area (Å²) >= 11 is 3.09. The van der Waals surface area contributed by atoms with Gasteiger partial charge >= 0.3 is 11.8 Å². The largest absolute Gasteiger partial charge is 0.343 e. The fourth-order valence-corrected chi connectivity index (χ4v) is 1.41. The predicted octanol–water partition coefficient (Wildman–Crippen LogP) is 2.21. The number of benzene rings is 1. The van der Waals surface area contributed by atoms with Gasteiger partial charge in [0.05, 0.1) is 0 Å². The van der Waals surface area contributed by atoms with Crippen LogP contribution in [0.1, 0.15) is 12.5 Å². The first-order valence-electron chi connectivity index (χ1n) is 5.54. The highest BCUT2D eigenvalue weighted by molar-refractivity contribution is 9.11. The highest BCUT2D eigenvalue weighted by atomic mass is 79.9. The molecule has 5 heteroatoms. The Hall–Kier alpha value is -1.62. The summed E-state index contributed by atoms with van der Waals surface area (Å²) in [4.78, 5) is 22.9. The zero-order valence-corrected chi connectivity index (χ0v) is 11.7. The fourth-order valence-electron chi connectivity index (χ4n) is 1.27. The molecule has 18 heavy (non-hydrogen) atoms. The Morgan fingerprint density at radius 3 is 2.33 bits per heavy atom. The molecule has 1 aromatic rings. The van der Waals surface area contributed by atoms with Crippen LogP contribution < -0.4 is 10.6 Å². The number of hydrogen-bond acceptors (Lipinski definition) is 2. The van der Waals surface area contributed by atoms with Gasteiger partial charge in [0.15, 0.2) is 0 Å². The van der Waals surface area contributed by atoms with Crippen molar-refractivity contribution >= 4 is 33.4 Å². The predicted molar refractivity (Wildman–Crippen MR) is 75.5 cm³/mol. The molecule has 0 spiro atoms. The van der Waals surface area contributed by atoms with Crippen LogP contribution in [0.4, 0.5) is 5.69 Å². The number of carbonyl (C=O) groups is 2. The van der Waals surface area contributed by atoms with Crippen molar-refractivity contribution in [2.75, 3.05) is 11.9 Å². The van der Waals surface area contributed by atoms with Crippen LogP contribution in [0.5, 0.6) is 0 Å². The summed E-state index contributed by atoms with van der Waals surface area (Å²) in [5.74, 6) is -1.37. The summed E-state index contributed by atoms with van der Waals surface area (Å²) in [6.07, 6.45) is 0.933. The van der Waals surface area contributed by atoms with Gasteiger partial charge in [-0.2, -0.15) is 0 Å². The smallest absolute Gasteiger partial charge is 0.313 e. The van der Waals surface area contributed by atoms with Gasteiger partial charge in [-0.05, 0) is 24.1 Å². The van der Waals surface area contributed by atoms with Gasteiger partial charge in [-0.3, -0.25) is 9.59 Å². The molecule has 0 fully saturated rings. The van der Waals surface area contributed by atoms with E-state index in [9.17, 15) is 9.59 Å². The Morgan fingerprint density at radius 2 is 1.83 bits per heavy atom. The van der Waals surface area contributed by atoms with E-state index in [-0.39, 0.29) is 6.54 Å². The maximum atomic E-state index is 11.5. The minimum Gasteiger partial charge on any atom is -0.343 e. The van der Waals surface area contributed by atoms with Gasteiger partial charge in [0.1, 0.15) is 0 Å². The number of rotatable bonds is 4. The van der Waals surface area contributed by atoms with Crippen LogP contribution in [-0.4, -0.2) is 18.4 Å². The van der Waals surface area contributed by atoms with Crippen LogP contribution in [-0.2, 0) is 16.0 Å². The molecule has 2 amide bonds. The zero-order chi connectivity index (χ0) is 13.5. The number of amides is 2.